The Bertz CT molecular complexity index is 548. The van der Waals surface area contributed by atoms with E-state index in [1.165, 1.54) is 16.9 Å². The summed E-state index contributed by atoms with van der Waals surface area (Å²) in [4.78, 5) is 18.0. The first kappa shape index (κ1) is 12.6. The Hall–Kier alpha value is -1.88. The predicted octanol–water partition coefficient (Wildman–Crippen LogP) is 2.70. The van der Waals surface area contributed by atoms with E-state index in [1.807, 2.05) is 38.1 Å². The third kappa shape index (κ3) is 2.51. The van der Waals surface area contributed by atoms with Crippen LogP contribution in [-0.4, -0.2) is 17.4 Å². The first-order chi connectivity index (χ1) is 8.61. The molecule has 1 aromatic carbocycles. The first-order valence-electron chi connectivity index (χ1n) is 5.71. The number of anilines is 2. The molecule has 1 heterocycles. The van der Waals surface area contributed by atoms with E-state index >= 15 is 0 Å². The monoisotopic (exact) mass is 261 g/mol. The minimum Gasteiger partial charge on any atom is -0.375 e. The van der Waals surface area contributed by atoms with Gasteiger partial charge in [-0.2, -0.15) is 0 Å². The first-order valence-corrected chi connectivity index (χ1v) is 6.59. The van der Waals surface area contributed by atoms with E-state index in [0.717, 1.165) is 5.69 Å². The number of nitrogen functional groups attached to an aromatic ring is 1. The van der Waals surface area contributed by atoms with Crippen LogP contribution in [0.3, 0.4) is 0 Å². The Balaban J connectivity index is 2.28. The summed E-state index contributed by atoms with van der Waals surface area (Å²) in [5.41, 5.74) is 8.00. The molecular formula is C13H15N3OS. The predicted molar refractivity (Wildman–Crippen MR) is 75.1 cm³/mol. The molecule has 2 N–H and O–H groups in total. The van der Waals surface area contributed by atoms with E-state index in [-0.39, 0.29) is 5.91 Å². The third-order valence-corrected chi connectivity index (χ3v) is 3.32. The summed E-state index contributed by atoms with van der Waals surface area (Å²) < 4.78 is 0. The van der Waals surface area contributed by atoms with Gasteiger partial charge in [-0.15, -0.1) is 11.3 Å². The van der Waals surface area contributed by atoms with Crippen LogP contribution >= 0.6 is 11.3 Å². The zero-order valence-electron chi connectivity index (χ0n) is 10.4. The molecule has 0 spiro atoms. The van der Waals surface area contributed by atoms with E-state index < -0.39 is 0 Å². The van der Waals surface area contributed by atoms with Crippen LogP contribution in [0.2, 0.25) is 0 Å². The SMILES string of the molecule is CCN(C(=O)c1csc(N)n1)c1ccc(C)cc1. The molecule has 0 atom stereocenters. The van der Waals surface area contributed by atoms with Gasteiger partial charge in [0.2, 0.25) is 0 Å². The fourth-order valence-corrected chi connectivity index (χ4v) is 2.23. The van der Waals surface area contributed by atoms with E-state index in [9.17, 15) is 4.79 Å². The summed E-state index contributed by atoms with van der Waals surface area (Å²) in [6, 6.07) is 7.85. The minimum atomic E-state index is -0.116. The zero-order valence-corrected chi connectivity index (χ0v) is 11.2. The van der Waals surface area contributed by atoms with Gasteiger partial charge < -0.3 is 10.6 Å². The second-order valence-electron chi connectivity index (χ2n) is 3.96. The molecule has 1 aromatic heterocycles. The van der Waals surface area contributed by atoms with E-state index in [2.05, 4.69) is 4.98 Å². The molecule has 0 radical (unpaired) electrons. The second-order valence-corrected chi connectivity index (χ2v) is 4.85. The van der Waals surface area contributed by atoms with Crippen molar-refractivity contribution in [1.29, 1.82) is 0 Å². The minimum absolute atomic E-state index is 0.116. The molecule has 4 nitrogen and oxygen atoms in total. The Morgan fingerprint density at radius 2 is 2.06 bits per heavy atom. The molecule has 94 valence electrons. The number of thiazole rings is 1. The molecule has 18 heavy (non-hydrogen) atoms. The molecule has 2 aromatic rings. The van der Waals surface area contributed by atoms with Gasteiger partial charge in [0, 0.05) is 17.6 Å². The summed E-state index contributed by atoms with van der Waals surface area (Å²) in [6.45, 7) is 4.55. The molecule has 0 fully saturated rings. The number of hydrogen-bond acceptors (Lipinski definition) is 4. The van der Waals surface area contributed by atoms with Crippen LogP contribution in [0.1, 0.15) is 23.0 Å². The molecule has 1 amide bonds. The fourth-order valence-electron chi connectivity index (χ4n) is 1.69. The molecule has 2 rings (SSSR count). The molecule has 0 aliphatic rings. The van der Waals surface area contributed by atoms with Crippen molar-refractivity contribution in [2.24, 2.45) is 0 Å². The molecule has 0 saturated carbocycles. The van der Waals surface area contributed by atoms with Gasteiger partial charge in [-0.25, -0.2) is 4.98 Å². The average molecular weight is 261 g/mol. The van der Waals surface area contributed by atoms with Crippen LogP contribution < -0.4 is 10.6 Å². The van der Waals surface area contributed by atoms with E-state index in [0.29, 0.717) is 17.4 Å². The molecular weight excluding hydrogens is 246 g/mol. The summed E-state index contributed by atoms with van der Waals surface area (Å²) in [5.74, 6) is -0.116. The lowest BCUT2D eigenvalue weighted by molar-refractivity contribution is 0.0984. The number of aryl methyl sites for hydroxylation is 1. The number of rotatable bonds is 3. The summed E-state index contributed by atoms with van der Waals surface area (Å²) in [6.07, 6.45) is 0. The van der Waals surface area contributed by atoms with Gasteiger partial charge in [0.05, 0.1) is 0 Å². The lowest BCUT2D eigenvalue weighted by atomic mass is 10.2. The lowest BCUT2D eigenvalue weighted by Crippen LogP contribution is -2.30. The highest BCUT2D eigenvalue weighted by Crippen LogP contribution is 2.19. The van der Waals surface area contributed by atoms with Gasteiger partial charge >= 0.3 is 0 Å². The number of carbonyl (C=O) groups is 1. The Morgan fingerprint density at radius 1 is 1.39 bits per heavy atom. The van der Waals surface area contributed by atoms with Crippen molar-refractivity contribution in [3.8, 4) is 0 Å². The normalized spacial score (nSPS) is 10.3. The fraction of sp³-hybridized carbons (Fsp3) is 0.231. The van der Waals surface area contributed by atoms with Gasteiger partial charge in [0.15, 0.2) is 5.13 Å². The average Bonchev–Trinajstić information content (AvgIpc) is 2.79. The maximum atomic E-state index is 12.3. The highest BCUT2D eigenvalue weighted by Gasteiger charge is 2.18. The second kappa shape index (κ2) is 5.18. The quantitative estimate of drug-likeness (QED) is 0.924. The van der Waals surface area contributed by atoms with Crippen molar-refractivity contribution in [3.63, 3.8) is 0 Å². The van der Waals surface area contributed by atoms with Gasteiger partial charge in [0.25, 0.3) is 5.91 Å². The van der Waals surface area contributed by atoms with Crippen LogP contribution in [0.4, 0.5) is 10.8 Å². The van der Waals surface area contributed by atoms with Crippen LogP contribution in [0, 0.1) is 6.92 Å². The molecule has 0 bridgehead atoms. The van der Waals surface area contributed by atoms with Crippen molar-refractivity contribution < 1.29 is 4.79 Å². The van der Waals surface area contributed by atoms with Crippen molar-refractivity contribution in [1.82, 2.24) is 4.98 Å². The summed E-state index contributed by atoms with van der Waals surface area (Å²) in [7, 11) is 0. The number of amides is 1. The van der Waals surface area contributed by atoms with Gasteiger partial charge in [-0.3, -0.25) is 4.79 Å². The molecule has 0 saturated heterocycles. The number of nitrogens with zero attached hydrogens (tertiary/aromatic N) is 2. The van der Waals surface area contributed by atoms with Crippen LogP contribution in [0.5, 0.6) is 0 Å². The third-order valence-electron chi connectivity index (χ3n) is 2.65. The van der Waals surface area contributed by atoms with E-state index in [4.69, 9.17) is 5.73 Å². The standard InChI is InChI=1S/C13H15N3OS/c1-3-16(10-6-4-9(2)5-7-10)12(17)11-8-18-13(14)15-11/h4-8H,3H2,1-2H3,(H2,14,15). The maximum absolute atomic E-state index is 12.3. The number of benzene rings is 1. The van der Waals surface area contributed by atoms with E-state index in [1.54, 1.807) is 10.3 Å². The van der Waals surface area contributed by atoms with Crippen molar-refractivity contribution in [2.75, 3.05) is 17.2 Å². The largest absolute Gasteiger partial charge is 0.375 e. The van der Waals surface area contributed by atoms with Crippen LogP contribution in [0.15, 0.2) is 29.6 Å². The van der Waals surface area contributed by atoms with Gasteiger partial charge in [0.1, 0.15) is 5.69 Å². The molecule has 0 aliphatic carbocycles. The molecule has 0 unspecified atom stereocenters. The Kier molecular flexibility index (Phi) is 3.62. The van der Waals surface area contributed by atoms with Crippen molar-refractivity contribution in [2.45, 2.75) is 13.8 Å². The number of hydrogen-bond donors (Lipinski definition) is 1. The number of carbonyl (C=O) groups excluding carboxylic acids is 1. The highest BCUT2D eigenvalue weighted by molar-refractivity contribution is 7.13. The lowest BCUT2D eigenvalue weighted by Gasteiger charge is -2.20. The van der Waals surface area contributed by atoms with Crippen LogP contribution in [-0.2, 0) is 0 Å². The van der Waals surface area contributed by atoms with Crippen molar-refractivity contribution >= 4 is 28.1 Å². The Morgan fingerprint density at radius 3 is 2.56 bits per heavy atom. The summed E-state index contributed by atoms with van der Waals surface area (Å²) in [5, 5.41) is 2.10. The number of aromatic nitrogens is 1. The topological polar surface area (TPSA) is 59.2 Å². The van der Waals surface area contributed by atoms with Gasteiger partial charge in [-0.1, -0.05) is 17.7 Å². The van der Waals surface area contributed by atoms with Crippen LogP contribution in [0.25, 0.3) is 0 Å². The zero-order chi connectivity index (χ0) is 13.1. The van der Waals surface area contributed by atoms with Crippen molar-refractivity contribution in [3.05, 3.63) is 40.9 Å². The molecule has 0 aliphatic heterocycles. The summed E-state index contributed by atoms with van der Waals surface area (Å²) >= 11 is 1.28. The maximum Gasteiger partial charge on any atom is 0.277 e. The highest BCUT2D eigenvalue weighted by atomic mass is 32.1. The molecule has 5 heteroatoms. The van der Waals surface area contributed by atoms with Gasteiger partial charge in [-0.05, 0) is 26.0 Å². The Labute approximate surface area is 110 Å². The smallest absolute Gasteiger partial charge is 0.277 e. The number of nitrogens with two attached hydrogens (primary N) is 1.